The Bertz CT molecular complexity index is 889. The topological polar surface area (TPSA) is 70.8 Å². The van der Waals surface area contributed by atoms with Crippen LogP contribution < -0.4 is 0 Å². The van der Waals surface area contributed by atoms with Gasteiger partial charge in [-0.3, -0.25) is 9.59 Å². The van der Waals surface area contributed by atoms with Gasteiger partial charge in [0, 0.05) is 43.3 Å². The molecule has 2 amide bonds. The van der Waals surface area contributed by atoms with E-state index in [0.717, 1.165) is 42.6 Å². The summed E-state index contributed by atoms with van der Waals surface area (Å²) in [6.07, 6.45) is 6.13. The van der Waals surface area contributed by atoms with Gasteiger partial charge in [0.05, 0.1) is 24.0 Å². The van der Waals surface area contributed by atoms with Crippen LogP contribution in [0.2, 0.25) is 0 Å². The Kier molecular flexibility index (Phi) is 3.14. The molecule has 3 aliphatic heterocycles. The molecule has 2 atom stereocenters. The number of likely N-dealkylation sites (tertiary alicyclic amines) is 1. The van der Waals surface area contributed by atoms with Crippen molar-refractivity contribution in [2.75, 3.05) is 13.1 Å². The zero-order chi connectivity index (χ0) is 17.1. The van der Waals surface area contributed by atoms with E-state index in [9.17, 15) is 9.59 Å². The van der Waals surface area contributed by atoms with Crippen molar-refractivity contribution in [2.45, 2.75) is 51.1 Å². The normalized spacial score (nSPS) is 25.1. The van der Waals surface area contributed by atoms with Gasteiger partial charge in [-0.15, -0.1) is 0 Å². The van der Waals surface area contributed by atoms with E-state index in [1.165, 1.54) is 5.69 Å². The van der Waals surface area contributed by atoms with E-state index in [0.29, 0.717) is 13.0 Å². The zero-order valence-electron chi connectivity index (χ0n) is 14.3. The fraction of sp³-hybridized carbons (Fsp3) is 0.556. The molecule has 2 fully saturated rings. The second-order valence-corrected chi connectivity index (χ2v) is 7.39. The molecule has 0 spiro atoms. The Morgan fingerprint density at radius 1 is 1.36 bits per heavy atom. The fourth-order valence-corrected chi connectivity index (χ4v) is 4.70. The third-order valence-electron chi connectivity index (χ3n) is 5.81. The highest BCUT2D eigenvalue weighted by Crippen LogP contribution is 2.43. The first-order valence-electron chi connectivity index (χ1n) is 9.05. The average Bonchev–Trinajstić information content (AvgIpc) is 3.25. The molecule has 25 heavy (non-hydrogen) atoms. The van der Waals surface area contributed by atoms with Crippen molar-refractivity contribution < 1.29 is 9.59 Å². The average molecular weight is 339 g/mol. The Morgan fingerprint density at radius 2 is 2.24 bits per heavy atom. The zero-order valence-corrected chi connectivity index (χ0v) is 14.3. The van der Waals surface area contributed by atoms with Gasteiger partial charge in [-0.05, 0) is 26.2 Å². The number of hydrogen-bond acceptors (Lipinski definition) is 4. The van der Waals surface area contributed by atoms with Crippen LogP contribution in [0, 0.1) is 6.92 Å². The summed E-state index contributed by atoms with van der Waals surface area (Å²) in [7, 11) is 0. The highest BCUT2D eigenvalue weighted by molar-refractivity contribution is 5.86. The van der Waals surface area contributed by atoms with Gasteiger partial charge < -0.3 is 9.80 Å². The molecule has 2 aromatic rings. The van der Waals surface area contributed by atoms with Gasteiger partial charge in [-0.2, -0.15) is 5.10 Å². The summed E-state index contributed by atoms with van der Waals surface area (Å²) in [4.78, 5) is 33.0. The summed E-state index contributed by atoms with van der Waals surface area (Å²) in [6, 6.07) is 2.26. The number of hydrogen-bond donors (Lipinski definition) is 0. The van der Waals surface area contributed by atoms with Crippen LogP contribution in [-0.2, 0) is 16.0 Å². The van der Waals surface area contributed by atoms with E-state index in [4.69, 9.17) is 0 Å². The number of amides is 2. The van der Waals surface area contributed by atoms with Gasteiger partial charge in [0.15, 0.2) is 5.65 Å². The van der Waals surface area contributed by atoms with Crippen LogP contribution in [0.15, 0.2) is 12.3 Å². The first-order valence-corrected chi connectivity index (χ1v) is 9.05. The Hall–Kier alpha value is -2.44. The highest BCUT2D eigenvalue weighted by atomic mass is 16.2. The van der Waals surface area contributed by atoms with Crippen LogP contribution in [0.1, 0.15) is 48.7 Å². The van der Waals surface area contributed by atoms with Crippen LogP contribution in [0.3, 0.4) is 0 Å². The number of carbonyl (C=O) groups is 2. The van der Waals surface area contributed by atoms with Crippen molar-refractivity contribution in [1.29, 1.82) is 0 Å². The highest BCUT2D eigenvalue weighted by Gasteiger charge is 2.44. The third-order valence-corrected chi connectivity index (χ3v) is 5.81. The third kappa shape index (κ3) is 2.18. The summed E-state index contributed by atoms with van der Waals surface area (Å²) in [5, 5.41) is 4.58. The van der Waals surface area contributed by atoms with Gasteiger partial charge in [-0.1, -0.05) is 0 Å². The molecule has 2 aromatic heterocycles. The molecule has 130 valence electrons. The molecule has 0 radical (unpaired) electrons. The molecule has 7 nitrogen and oxygen atoms in total. The van der Waals surface area contributed by atoms with E-state index in [1.807, 2.05) is 28.6 Å². The number of nitrogens with zero attached hydrogens (tertiary/aromatic N) is 5. The molecule has 2 bridgehead atoms. The van der Waals surface area contributed by atoms with Crippen molar-refractivity contribution in [2.24, 2.45) is 0 Å². The molecule has 0 aromatic carbocycles. The lowest BCUT2D eigenvalue weighted by atomic mass is 9.99. The summed E-state index contributed by atoms with van der Waals surface area (Å²) in [5.41, 5.74) is 4.13. The fourth-order valence-electron chi connectivity index (χ4n) is 4.70. The Labute approximate surface area is 145 Å². The molecule has 0 unspecified atom stereocenters. The molecule has 5 heterocycles. The van der Waals surface area contributed by atoms with E-state index in [2.05, 4.69) is 10.1 Å². The lowest BCUT2D eigenvalue weighted by Gasteiger charge is -2.37. The van der Waals surface area contributed by atoms with Crippen molar-refractivity contribution in [1.82, 2.24) is 24.4 Å². The maximum Gasteiger partial charge on any atom is 0.242 e. The smallest absolute Gasteiger partial charge is 0.242 e. The largest absolute Gasteiger partial charge is 0.333 e. The maximum atomic E-state index is 12.9. The number of fused-ring (bicyclic) bond motifs is 6. The van der Waals surface area contributed by atoms with Crippen molar-refractivity contribution in [3.05, 3.63) is 29.2 Å². The van der Waals surface area contributed by atoms with E-state index in [1.54, 1.807) is 4.90 Å². The minimum atomic E-state index is 0.0698. The first-order chi connectivity index (χ1) is 12.1. The molecule has 0 aliphatic carbocycles. The van der Waals surface area contributed by atoms with Crippen LogP contribution in [0.5, 0.6) is 0 Å². The van der Waals surface area contributed by atoms with Crippen LogP contribution in [0.25, 0.3) is 5.65 Å². The summed E-state index contributed by atoms with van der Waals surface area (Å²) in [6.45, 7) is 2.90. The summed E-state index contributed by atoms with van der Waals surface area (Å²) in [5.74, 6) is 0.179. The first kappa shape index (κ1) is 14.9. The lowest BCUT2D eigenvalue weighted by Crippen LogP contribution is -2.47. The number of aromatic nitrogens is 3. The minimum Gasteiger partial charge on any atom is -0.333 e. The van der Waals surface area contributed by atoms with Crippen LogP contribution in [0.4, 0.5) is 0 Å². The SMILES string of the molecule is Cc1cc2ncc3c(n2n1)C[C@H]1CC[C@@H]3N1C(=O)CN1CCCC1=O. The van der Waals surface area contributed by atoms with Crippen LogP contribution >= 0.6 is 0 Å². The molecule has 0 N–H and O–H groups in total. The number of rotatable bonds is 2. The minimum absolute atomic E-state index is 0.0698. The van der Waals surface area contributed by atoms with E-state index < -0.39 is 0 Å². The summed E-state index contributed by atoms with van der Waals surface area (Å²) < 4.78 is 1.95. The van der Waals surface area contributed by atoms with Crippen LogP contribution in [-0.4, -0.2) is 55.3 Å². The molecule has 5 rings (SSSR count). The Morgan fingerprint density at radius 3 is 3.04 bits per heavy atom. The number of aryl methyl sites for hydroxylation is 1. The van der Waals surface area contributed by atoms with E-state index in [-0.39, 0.29) is 30.4 Å². The van der Waals surface area contributed by atoms with Crippen molar-refractivity contribution in [3.63, 3.8) is 0 Å². The van der Waals surface area contributed by atoms with Gasteiger partial charge >= 0.3 is 0 Å². The van der Waals surface area contributed by atoms with Gasteiger partial charge in [0.1, 0.15) is 0 Å². The quantitative estimate of drug-likeness (QED) is 0.826. The predicted molar refractivity (Wildman–Crippen MR) is 89.9 cm³/mol. The molecular weight excluding hydrogens is 318 g/mol. The Balaban J connectivity index is 1.48. The lowest BCUT2D eigenvalue weighted by molar-refractivity contribution is -0.140. The molecule has 0 saturated carbocycles. The maximum absolute atomic E-state index is 12.9. The second-order valence-electron chi connectivity index (χ2n) is 7.39. The monoisotopic (exact) mass is 339 g/mol. The van der Waals surface area contributed by atoms with Gasteiger partial charge in [0.2, 0.25) is 11.8 Å². The molecule has 2 saturated heterocycles. The predicted octanol–water partition coefficient (Wildman–Crippen LogP) is 1.25. The summed E-state index contributed by atoms with van der Waals surface area (Å²) >= 11 is 0. The van der Waals surface area contributed by atoms with Crippen molar-refractivity contribution in [3.8, 4) is 0 Å². The molecule has 3 aliphatic rings. The van der Waals surface area contributed by atoms with Crippen molar-refractivity contribution >= 4 is 17.5 Å². The van der Waals surface area contributed by atoms with Gasteiger partial charge in [-0.25, -0.2) is 9.50 Å². The second kappa shape index (κ2) is 5.28. The molecular formula is C18H21N5O2. The molecule has 7 heteroatoms. The standard InChI is InChI=1S/C18H21N5O2/c1-11-7-16-19-9-13-14-5-4-12(8-15(13)23(16)20-11)22(14)18(25)10-21-6-2-3-17(21)24/h7,9,12,14H,2-6,8,10H2,1H3/t12-,14+/m1/s1. The van der Waals surface area contributed by atoms with Gasteiger partial charge in [0.25, 0.3) is 0 Å². The number of carbonyl (C=O) groups excluding carboxylic acids is 2. The van der Waals surface area contributed by atoms with E-state index >= 15 is 0 Å².